The van der Waals surface area contributed by atoms with Gasteiger partial charge in [0.15, 0.2) is 5.82 Å². The highest BCUT2D eigenvalue weighted by Gasteiger charge is 2.42. The molecule has 6 nitrogen and oxygen atoms in total. The van der Waals surface area contributed by atoms with E-state index in [-0.39, 0.29) is 16.0 Å². The van der Waals surface area contributed by atoms with Crippen LogP contribution in [0.5, 0.6) is 0 Å². The van der Waals surface area contributed by atoms with Gasteiger partial charge in [-0.15, -0.1) is 0 Å². The Morgan fingerprint density at radius 3 is 2.75 bits per heavy atom. The number of hydrogen-bond acceptors (Lipinski definition) is 5. The van der Waals surface area contributed by atoms with Crippen LogP contribution in [0.25, 0.3) is 0 Å². The molecule has 20 heavy (non-hydrogen) atoms. The second-order valence-electron chi connectivity index (χ2n) is 4.72. The third-order valence-electron chi connectivity index (χ3n) is 3.37. The van der Waals surface area contributed by atoms with Crippen molar-refractivity contribution in [3.05, 3.63) is 33.6 Å². The molecule has 1 aliphatic carbocycles. The van der Waals surface area contributed by atoms with Gasteiger partial charge in [-0.1, -0.05) is 0 Å². The summed E-state index contributed by atoms with van der Waals surface area (Å²) in [6.45, 7) is 0.432. The molecule has 0 atom stereocenters. The molecule has 1 amide bonds. The minimum atomic E-state index is -0.906. The van der Waals surface area contributed by atoms with Crippen LogP contribution in [-0.4, -0.2) is 28.4 Å². The topological polar surface area (TPSA) is 98.3 Å². The standard InChI is InChI=1S/C12H14FN3O3S/c1-20-12(2-3-12)6-15-11(17)7-4-9(14)8(13)5-10(7)16(18)19/h4-5H,2-3,6,14H2,1H3,(H,15,17). The second kappa shape index (κ2) is 5.28. The number of carbonyl (C=O) groups excluding carboxylic acids is 1. The van der Waals surface area contributed by atoms with Crippen LogP contribution in [0, 0.1) is 15.9 Å². The highest BCUT2D eigenvalue weighted by Crippen LogP contribution is 2.46. The number of hydrogen-bond donors (Lipinski definition) is 2. The van der Waals surface area contributed by atoms with Gasteiger partial charge in [-0.05, 0) is 25.2 Å². The lowest BCUT2D eigenvalue weighted by Crippen LogP contribution is -2.32. The highest BCUT2D eigenvalue weighted by atomic mass is 32.2. The lowest BCUT2D eigenvalue weighted by Gasteiger charge is -2.13. The number of nitro groups is 1. The molecule has 1 aromatic rings. The van der Waals surface area contributed by atoms with Crippen molar-refractivity contribution in [3.8, 4) is 0 Å². The fraction of sp³-hybridized carbons (Fsp3) is 0.417. The molecule has 0 bridgehead atoms. The SMILES string of the molecule is CSC1(CNC(=O)c2cc(N)c(F)cc2[N+](=O)[O-])CC1. The van der Waals surface area contributed by atoms with Crippen LogP contribution in [0.4, 0.5) is 15.8 Å². The van der Waals surface area contributed by atoms with Crippen molar-refractivity contribution in [1.29, 1.82) is 0 Å². The number of anilines is 1. The maximum atomic E-state index is 13.3. The normalized spacial score (nSPS) is 15.7. The first-order valence-corrected chi connectivity index (χ1v) is 7.18. The monoisotopic (exact) mass is 299 g/mol. The first-order valence-electron chi connectivity index (χ1n) is 5.95. The summed E-state index contributed by atoms with van der Waals surface area (Å²) >= 11 is 1.66. The average molecular weight is 299 g/mol. The molecule has 0 aromatic heterocycles. The van der Waals surface area contributed by atoms with E-state index in [1.165, 1.54) is 0 Å². The van der Waals surface area contributed by atoms with Gasteiger partial charge in [0.2, 0.25) is 0 Å². The van der Waals surface area contributed by atoms with E-state index in [1.807, 2.05) is 6.26 Å². The minimum absolute atomic E-state index is 0.0377. The molecule has 1 fully saturated rings. The number of benzene rings is 1. The smallest absolute Gasteiger partial charge is 0.285 e. The van der Waals surface area contributed by atoms with Crippen LogP contribution in [0.15, 0.2) is 12.1 Å². The quantitative estimate of drug-likeness (QED) is 0.492. The Labute approximate surface area is 119 Å². The van der Waals surface area contributed by atoms with Gasteiger partial charge in [0.1, 0.15) is 5.56 Å². The Balaban J connectivity index is 2.20. The van der Waals surface area contributed by atoms with Crippen molar-refractivity contribution in [2.75, 3.05) is 18.5 Å². The molecule has 0 aliphatic heterocycles. The third kappa shape index (κ3) is 2.84. The van der Waals surface area contributed by atoms with E-state index in [1.54, 1.807) is 11.8 Å². The van der Waals surface area contributed by atoms with Gasteiger partial charge >= 0.3 is 0 Å². The van der Waals surface area contributed by atoms with Crippen LogP contribution in [-0.2, 0) is 0 Å². The number of nitro benzene ring substituents is 1. The molecule has 0 unspecified atom stereocenters. The minimum Gasteiger partial charge on any atom is -0.396 e. The zero-order valence-corrected chi connectivity index (χ0v) is 11.6. The van der Waals surface area contributed by atoms with Crippen LogP contribution in [0.1, 0.15) is 23.2 Å². The molecule has 8 heteroatoms. The van der Waals surface area contributed by atoms with Crippen molar-refractivity contribution in [1.82, 2.24) is 5.32 Å². The predicted octanol–water partition coefficient (Wildman–Crippen LogP) is 1.94. The number of thioether (sulfide) groups is 1. The Kier molecular flexibility index (Phi) is 3.85. The van der Waals surface area contributed by atoms with E-state index < -0.39 is 22.3 Å². The Hall–Kier alpha value is -1.83. The summed E-state index contributed by atoms with van der Waals surface area (Å²) in [7, 11) is 0. The molecular weight excluding hydrogens is 285 g/mol. The van der Waals surface area contributed by atoms with Gasteiger partial charge in [-0.2, -0.15) is 11.8 Å². The summed E-state index contributed by atoms with van der Waals surface area (Å²) in [5.74, 6) is -1.51. The van der Waals surface area contributed by atoms with Crippen molar-refractivity contribution in [2.45, 2.75) is 17.6 Å². The molecule has 1 aliphatic rings. The molecule has 3 N–H and O–H groups in total. The fourth-order valence-corrected chi connectivity index (χ4v) is 2.57. The number of carbonyl (C=O) groups is 1. The number of amides is 1. The van der Waals surface area contributed by atoms with E-state index in [2.05, 4.69) is 5.32 Å². The Morgan fingerprint density at radius 2 is 2.25 bits per heavy atom. The van der Waals surface area contributed by atoms with Gasteiger partial charge in [0.25, 0.3) is 11.6 Å². The van der Waals surface area contributed by atoms with Crippen molar-refractivity contribution in [3.63, 3.8) is 0 Å². The molecule has 2 rings (SSSR count). The maximum absolute atomic E-state index is 13.3. The molecular formula is C12H14FN3O3S. The Morgan fingerprint density at radius 1 is 1.60 bits per heavy atom. The van der Waals surface area contributed by atoms with Crippen LogP contribution >= 0.6 is 11.8 Å². The molecule has 108 valence electrons. The number of nitrogen functional groups attached to an aromatic ring is 1. The summed E-state index contributed by atoms with van der Waals surface area (Å²) < 4.78 is 13.3. The summed E-state index contributed by atoms with van der Waals surface area (Å²) in [6.07, 6.45) is 3.96. The van der Waals surface area contributed by atoms with Crippen LogP contribution < -0.4 is 11.1 Å². The summed E-state index contributed by atoms with van der Waals surface area (Å²) in [5, 5.41) is 13.5. The van der Waals surface area contributed by atoms with Crippen LogP contribution in [0.3, 0.4) is 0 Å². The fourth-order valence-electron chi connectivity index (χ4n) is 1.84. The molecule has 1 saturated carbocycles. The highest BCUT2D eigenvalue weighted by molar-refractivity contribution is 8.00. The van der Waals surface area contributed by atoms with E-state index in [4.69, 9.17) is 5.73 Å². The zero-order valence-electron chi connectivity index (χ0n) is 10.8. The third-order valence-corrected chi connectivity index (χ3v) is 4.79. The summed E-state index contributed by atoms with van der Waals surface area (Å²) in [6, 6.07) is 1.67. The first kappa shape index (κ1) is 14.6. The Bertz CT molecular complexity index is 575. The van der Waals surface area contributed by atoms with Crippen LogP contribution in [0.2, 0.25) is 0 Å². The van der Waals surface area contributed by atoms with E-state index in [0.29, 0.717) is 12.6 Å². The van der Waals surface area contributed by atoms with Gasteiger partial charge in [-0.3, -0.25) is 14.9 Å². The second-order valence-corrected chi connectivity index (χ2v) is 5.99. The molecule has 1 aromatic carbocycles. The largest absolute Gasteiger partial charge is 0.396 e. The summed E-state index contributed by atoms with van der Waals surface area (Å²) in [5.41, 5.74) is 4.28. The first-order chi connectivity index (χ1) is 9.38. The van der Waals surface area contributed by atoms with Gasteiger partial charge < -0.3 is 11.1 Å². The molecule has 0 spiro atoms. The van der Waals surface area contributed by atoms with E-state index >= 15 is 0 Å². The zero-order chi connectivity index (χ0) is 14.9. The lowest BCUT2D eigenvalue weighted by molar-refractivity contribution is -0.385. The summed E-state index contributed by atoms with van der Waals surface area (Å²) in [4.78, 5) is 22.1. The van der Waals surface area contributed by atoms with Crippen molar-refractivity contribution in [2.24, 2.45) is 0 Å². The molecule has 0 saturated heterocycles. The average Bonchev–Trinajstić information content (AvgIpc) is 3.19. The lowest BCUT2D eigenvalue weighted by atomic mass is 10.1. The van der Waals surface area contributed by atoms with Crippen molar-refractivity contribution >= 4 is 29.0 Å². The maximum Gasteiger partial charge on any atom is 0.285 e. The number of halogens is 1. The van der Waals surface area contributed by atoms with E-state index in [9.17, 15) is 19.3 Å². The van der Waals surface area contributed by atoms with Gasteiger partial charge in [0.05, 0.1) is 16.7 Å². The number of nitrogens with zero attached hydrogens (tertiary/aromatic N) is 1. The molecule has 0 heterocycles. The molecule has 0 radical (unpaired) electrons. The van der Waals surface area contributed by atoms with Crippen molar-refractivity contribution < 1.29 is 14.1 Å². The predicted molar refractivity (Wildman–Crippen MR) is 75.3 cm³/mol. The van der Waals surface area contributed by atoms with Gasteiger partial charge in [0, 0.05) is 11.3 Å². The number of rotatable bonds is 5. The number of nitrogens with one attached hydrogen (secondary N) is 1. The van der Waals surface area contributed by atoms with Gasteiger partial charge in [-0.25, -0.2) is 4.39 Å². The number of nitrogens with two attached hydrogens (primary N) is 1. The van der Waals surface area contributed by atoms with E-state index in [0.717, 1.165) is 18.9 Å².